The minimum Gasteiger partial charge on any atom is -0.352 e. The second-order valence-electron chi connectivity index (χ2n) is 6.95. The number of halogens is 1. The lowest BCUT2D eigenvalue weighted by Crippen LogP contribution is -2.29. The van der Waals surface area contributed by atoms with Crippen molar-refractivity contribution in [2.45, 2.75) is 37.5 Å². The third-order valence-corrected chi connectivity index (χ3v) is 6.27. The monoisotopic (exact) mass is 390 g/mol. The normalized spacial score (nSPS) is 14.9. The van der Waals surface area contributed by atoms with Crippen LogP contribution < -0.4 is 10.0 Å². The van der Waals surface area contributed by atoms with E-state index in [-0.39, 0.29) is 16.5 Å². The second kappa shape index (κ2) is 8.08. The molecule has 144 valence electrons. The summed E-state index contributed by atoms with van der Waals surface area (Å²) < 4.78 is 40.6. The summed E-state index contributed by atoms with van der Waals surface area (Å²) in [5.41, 5.74) is 1.30. The molecule has 0 aliphatic heterocycles. The first-order valence-corrected chi connectivity index (χ1v) is 10.5. The molecule has 1 aliphatic carbocycles. The van der Waals surface area contributed by atoms with Gasteiger partial charge >= 0.3 is 0 Å². The van der Waals surface area contributed by atoms with E-state index in [1.165, 1.54) is 49.2 Å². The highest BCUT2D eigenvalue weighted by molar-refractivity contribution is 7.92. The van der Waals surface area contributed by atoms with Crippen molar-refractivity contribution in [1.29, 1.82) is 0 Å². The number of benzene rings is 2. The lowest BCUT2D eigenvalue weighted by Gasteiger charge is -2.14. The van der Waals surface area contributed by atoms with Crippen LogP contribution in [0.15, 0.2) is 47.4 Å². The van der Waals surface area contributed by atoms with Gasteiger partial charge in [0.1, 0.15) is 5.82 Å². The molecule has 0 spiro atoms. The Morgan fingerprint density at radius 1 is 1.11 bits per heavy atom. The van der Waals surface area contributed by atoms with Gasteiger partial charge in [0.2, 0.25) is 0 Å². The summed E-state index contributed by atoms with van der Waals surface area (Å²) in [5, 5.41) is 2.92. The summed E-state index contributed by atoms with van der Waals surface area (Å²) in [5.74, 6) is -0.214. The van der Waals surface area contributed by atoms with Gasteiger partial charge in [-0.3, -0.25) is 9.52 Å². The number of hydrogen-bond acceptors (Lipinski definition) is 3. The molecule has 0 radical (unpaired) electrons. The fraction of sp³-hybridized carbons (Fsp3) is 0.350. The Morgan fingerprint density at radius 2 is 1.78 bits per heavy atom. The smallest absolute Gasteiger partial charge is 0.261 e. The molecule has 2 aromatic carbocycles. The minimum atomic E-state index is -3.88. The van der Waals surface area contributed by atoms with Crippen LogP contribution in [-0.4, -0.2) is 20.9 Å². The van der Waals surface area contributed by atoms with Crippen molar-refractivity contribution in [2.75, 3.05) is 11.3 Å². The Bertz CT molecular complexity index is 921. The molecule has 0 saturated heterocycles. The Hall–Kier alpha value is -2.41. The first-order valence-electron chi connectivity index (χ1n) is 9.02. The van der Waals surface area contributed by atoms with Crippen molar-refractivity contribution in [3.05, 3.63) is 59.4 Å². The number of aryl methyl sites for hydroxylation is 1. The molecule has 27 heavy (non-hydrogen) atoms. The molecule has 2 aromatic rings. The quantitative estimate of drug-likeness (QED) is 0.787. The highest BCUT2D eigenvalue weighted by Gasteiger charge is 2.20. The van der Waals surface area contributed by atoms with E-state index < -0.39 is 15.8 Å². The summed E-state index contributed by atoms with van der Waals surface area (Å²) in [4.78, 5) is 12.5. The predicted octanol–water partition coefficient (Wildman–Crippen LogP) is 3.85. The van der Waals surface area contributed by atoms with Gasteiger partial charge in [-0.25, -0.2) is 12.8 Å². The average Bonchev–Trinajstić information content (AvgIpc) is 3.15. The maximum atomic E-state index is 13.0. The van der Waals surface area contributed by atoms with Gasteiger partial charge in [-0.15, -0.1) is 0 Å². The number of sulfonamides is 1. The molecule has 1 fully saturated rings. The number of amides is 1. The van der Waals surface area contributed by atoms with Crippen molar-refractivity contribution < 1.29 is 17.6 Å². The van der Waals surface area contributed by atoms with E-state index in [4.69, 9.17) is 0 Å². The van der Waals surface area contributed by atoms with Crippen molar-refractivity contribution in [3.8, 4) is 0 Å². The Kier molecular flexibility index (Phi) is 5.79. The first-order chi connectivity index (χ1) is 12.8. The van der Waals surface area contributed by atoms with Crippen molar-refractivity contribution in [2.24, 2.45) is 5.92 Å². The van der Waals surface area contributed by atoms with Crippen LogP contribution in [0.25, 0.3) is 0 Å². The van der Waals surface area contributed by atoms with Gasteiger partial charge in [-0.05, 0) is 67.6 Å². The van der Waals surface area contributed by atoms with Gasteiger partial charge in [-0.1, -0.05) is 18.9 Å². The largest absolute Gasteiger partial charge is 0.352 e. The number of carbonyl (C=O) groups is 1. The number of hydrogen-bond donors (Lipinski definition) is 2. The molecule has 1 aliphatic rings. The minimum absolute atomic E-state index is 0.0107. The average molecular weight is 390 g/mol. The molecule has 0 heterocycles. The summed E-state index contributed by atoms with van der Waals surface area (Å²) >= 11 is 0. The summed E-state index contributed by atoms with van der Waals surface area (Å²) in [6.45, 7) is 2.39. The van der Waals surface area contributed by atoms with Crippen molar-refractivity contribution in [3.63, 3.8) is 0 Å². The topological polar surface area (TPSA) is 75.3 Å². The Labute approximate surface area is 159 Å². The van der Waals surface area contributed by atoms with Gasteiger partial charge in [0.25, 0.3) is 15.9 Å². The van der Waals surface area contributed by atoms with Crippen molar-refractivity contribution in [1.82, 2.24) is 5.32 Å². The van der Waals surface area contributed by atoms with Crippen LogP contribution in [-0.2, 0) is 10.0 Å². The zero-order chi connectivity index (χ0) is 19.4. The fourth-order valence-electron chi connectivity index (χ4n) is 3.29. The number of rotatable bonds is 6. The summed E-state index contributed by atoms with van der Waals surface area (Å²) in [6, 6.07) is 9.49. The van der Waals surface area contributed by atoms with Crippen LogP contribution in [0, 0.1) is 18.7 Å². The lowest BCUT2D eigenvalue weighted by molar-refractivity contribution is 0.0946. The van der Waals surface area contributed by atoms with E-state index in [0.717, 1.165) is 12.8 Å². The molecule has 0 aromatic heterocycles. The third-order valence-electron chi connectivity index (χ3n) is 4.89. The number of anilines is 1. The molecule has 0 bridgehead atoms. The van der Waals surface area contributed by atoms with Gasteiger partial charge in [0.15, 0.2) is 0 Å². The highest BCUT2D eigenvalue weighted by atomic mass is 32.2. The molecule has 0 unspecified atom stereocenters. The van der Waals surface area contributed by atoms with Crippen molar-refractivity contribution >= 4 is 21.6 Å². The molecule has 1 amide bonds. The molecule has 1 saturated carbocycles. The zero-order valence-electron chi connectivity index (χ0n) is 15.2. The van der Waals surface area contributed by atoms with Crippen LogP contribution in [0.2, 0.25) is 0 Å². The molecular formula is C20H23FN2O3S. The molecule has 7 heteroatoms. The Morgan fingerprint density at radius 3 is 2.44 bits per heavy atom. The first kappa shape index (κ1) is 19.4. The second-order valence-corrected chi connectivity index (χ2v) is 8.63. The van der Waals surface area contributed by atoms with Crippen LogP contribution in [0.3, 0.4) is 0 Å². The van der Waals surface area contributed by atoms with Crippen LogP contribution in [0.1, 0.15) is 41.6 Å². The van der Waals surface area contributed by atoms with Crippen LogP contribution in [0.4, 0.5) is 10.1 Å². The predicted molar refractivity (Wildman–Crippen MR) is 103 cm³/mol. The highest BCUT2D eigenvalue weighted by Crippen LogP contribution is 2.24. The maximum Gasteiger partial charge on any atom is 0.261 e. The fourth-order valence-corrected chi connectivity index (χ4v) is 4.38. The van der Waals surface area contributed by atoms with Gasteiger partial charge < -0.3 is 5.32 Å². The SMILES string of the molecule is Cc1ccc(S(=O)(=O)Nc2ccc(F)cc2)cc1C(=O)NCC1CCCC1. The summed E-state index contributed by atoms with van der Waals surface area (Å²) in [7, 11) is -3.88. The molecule has 5 nitrogen and oxygen atoms in total. The van der Waals surface area contributed by atoms with E-state index in [1.807, 2.05) is 0 Å². The van der Waals surface area contributed by atoms with E-state index >= 15 is 0 Å². The maximum absolute atomic E-state index is 13.0. The van der Waals surface area contributed by atoms with E-state index in [2.05, 4.69) is 10.0 Å². The van der Waals surface area contributed by atoms with E-state index in [0.29, 0.717) is 23.6 Å². The molecule has 3 rings (SSSR count). The molecule has 0 atom stereocenters. The number of nitrogens with one attached hydrogen (secondary N) is 2. The lowest BCUT2D eigenvalue weighted by atomic mass is 10.1. The summed E-state index contributed by atoms with van der Waals surface area (Å²) in [6.07, 6.45) is 4.63. The number of carbonyl (C=O) groups excluding carboxylic acids is 1. The Balaban J connectivity index is 1.76. The van der Waals surface area contributed by atoms with Gasteiger partial charge in [0.05, 0.1) is 4.90 Å². The third kappa shape index (κ3) is 4.86. The van der Waals surface area contributed by atoms with Gasteiger partial charge in [0, 0.05) is 17.8 Å². The van der Waals surface area contributed by atoms with E-state index in [9.17, 15) is 17.6 Å². The molecule has 2 N–H and O–H groups in total. The van der Waals surface area contributed by atoms with Gasteiger partial charge in [-0.2, -0.15) is 0 Å². The van der Waals surface area contributed by atoms with Crippen LogP contribution >= 0.6 is 0 Å². The standard InChI is InChI=1S/C20H23FN2O3S/c1-14-6-11-18(27(25,26)23-17-9-7-16(21)8-10-17)12-19(14)20(24)22-13-15-4-2-3-5-15/h6-12,15,23H,2-5,13H2,1H3,(H,22,24). The molecular weight excluding hydrogens is 367 g/mol. The van der Waals surface area contributed by atoms with E-state index in [1.54, 1.807) is 13.0 Å². The zero-order valence-corrected chi connectivity index (χ0v) is 16.0. The van der Waals surface area contributed by atoms with Crippen LogP contribution in [0.5, 0.6) is 0 Å².